The Morgan fingerprint density at radius 1 is 1.07 bits per heavy atom. The van der Waals surface area contributed by atoms with E-state index in [1.807, 2.05) is 27.7 Å². The fourth-order valence-electron chi connectivity index (χ4n) is 3.29. The maximum Gasteiger partial charge on any atom is 0.410 e. The highest BCUT2D eigenvalue weighted by atomic mass is 19.1. The van der Waals surface area contributed by atoms with E-state index in [1.165, 1.54) is 12.1 Å². The Hall–Kier alpha value is -2.90. The van der Waals surface area contributed by atoms with Gasteiger partial charge in [-0.3, -0.25) is 4.79 Å². The quantitative estimate of drug-likeness (QED) is 0.790. The van der Waals surface area contributed by atoms with Crippen LogP contribution in [0.1, 0.15) is 43.7 Å². The van der Waals surface area contributed by atoms with Gasteiger partial charge in [-0.2, -0.15) is 5.10 Å². The summed E-state index contributed by atoms with van der Waals surface area (Å²) >= 11 is 0. The summed E-state index contributed by atoms with van der Waals surface area (Å²) in [5, 5.41) is 4.35. The molecule has 0 N–H and O–H groups in total. The van der Waals surface area contributed by atoms with Gasteiger partial charge in [0.05, 0.1) is 23.1 Å². The summed E-state index contributed by atoms with van der Waals surface area (Å²) in [7, 11) is 0. The molecule has 0 aliphatic carbocycles. The van der Waals surface area contributed by atoms with Crippen LogP contribution < -0.4 is 0 Å². The predicted octanol–water partition coefficient (Wildman–Crippen LogP) is 3.27. The summed E-state index contributed by atoms with van der Waals surface area (Å²) in [6.45, 7) is 9.16. The third kappa shape index (κ3) is 4.75. The number of piperazine rings is 1. The van der Waals surface area contributed by atoms with Crippen LogP contribution in [0.3, 0.4) is 0 Å². The molecule has 1 aliphatic rings. The minimum Gasteiger partial charge on any atom is -0.444 e. The monoisotopic (exact) mass is 402 g/mol. The fourth-order valence-corrected chi connectivity index (χ4v) is 3.29. The van der Waals surface area contributed by atoms with Crippen LogP contribution in [0.25, 0.3) is 5.69 Å². The molecule has 1 fully saturated rings. The minimum atomic E-state index is -0.547. The van der Waals surface area contributed by atoms with Gasteiger partial charge in [-0.15, -0.1) is 0 Å². The number of benzene rings is 1. The Kier molecular flexibility index (Phi) is 5.91. The molecule has 1 aromatic carbocycles. The summed E-state index contributed by atoms with van der Waals surface area (Å²) in [4.78, 5) is 28.6. The van der Waals surface area contributed by atoms with Crippen molar-refractivity contribution in [3.63, 3.8) is 0 Å². The molecule has 156 valence electrons. The van der Waals surface area contributed by atoms with E-state index < -0.39 is 5.60 Å². The summed E-state index contributed by atoms with van der Waals surface area (Å²) in [5.74, 6) is -0.433. The summed E-state index contributed by atoms with van der Waals surface area (Å²) in [6.07, 6.45) is 1.81. The van der Waals surface area contributed by atoms with Gasteiger partial charge in [0, 0.05) is 26.2 Å². The van der Waals surface area contributed by atoms with E-state index in [2.05, 4.69) is 5.10 Å². The van der Waals surface area contributed by atoms with Crippen molar-refractivity contribution in [1.29, 1.82) is 0 Å². The Morgan fingerprint density at radius 2 is 1.66 bits per heavy atom. The second-order valence-electron chi connectivity index (χ2n) is 8.01. The van der Waals surface area contributed by atoms with Crippen LogP contribution in [0.15, 0.2) is 30.5 Å². The lowest BCUT2D eigenvalue weighted by Gasteiger charge is -2.35. The average molecular weight is 402 g/mol. The molecule has 29 heavy (non-hydrogen) atoms. The van der Waals surface area contributed by atoms with Crippen molar-refractivity contribution in [1.82, 2.24) is 19.6 Å². The van der Waals surface area contributed by atoms with Crippen molar-refractivity contribution in [2.45, 2.75) is 39.7 Å². The number of hydrogen-bond donors (Lipinski definition) is 0. The Balaban J connectivity index is 1.70. The molecule has 1 saturated heterocycles. The Morgan fingerprint density at radius 3 is 2.21 bits per heavy atom. The lowest BCUT2D eigenvalue weighted by molar-refractivity contribution is 0.0140. The maximum atomic E-state index is 13.2. The number of nitrogens with zero attached hydrogens (tertiary/aromatic N) is 4. The molecule has 2 aromatic rings. The molecule has 2 amide bonds. The van der Waals surface area contributed by atoms with Crippen molar-refractivity contribution in [2.24, 2.45) is 0 Å². The van der Waals surface area contributed by atoms with E-state index in [0.29, 0.717) is 43.9 Å². The van der Waals surface area contributed by atoms with E-state index in [9.17, 15) is 14.0 Å². The molecule has 0 bridgehead atoms. The fraction of sp³-hybridized carbons (Fsp3) is 0.476. The lowest BCUT2D eigenvalue weighted by atomic mass is 10.1. The number of amides is 2. The third-order valence-electron chi connectivity index (χ3n) is 4.72. The Bertz CT molecular complexity index is 878. The highest BCUT2D eigenvalue weighted by molar-refractivity contribution is 5.95. The number of hydrogen-bond acceptors (Lipinski definition) is 4. The first-order valence-electron chi connectivity index (χ1n) is 9.79. The molecule has 0 radical (unpaired) electrons. The van der Waals surface area contributed by atoms with Crippen molar-refractivity contribution in [2.75, 3.05) is 26.2 Å². The molecule has 0 unspecified atom stereocenters. The standard InChI is InChI=1S/C21H27FN4O3/c1-5-18-17(14-23-26(18)16-8-6-15(22)7-9-16)19(27)24-10-12-25(13-11-24)20(28)29-21(2,3)4/h6-9,14H,5,10-13H2,1-4H3. The zero-order chi connectivity index (χ0) is 21.2. The van der Waals surface area contributed by atoms with Gasteiger partial charge in [-0.05, 0) is 51.5 Å². The zero-order valence-corrected chi connectivity index (χ0v) is 17.3. The summed E-state index contributed by atoms with van der Waals surface area (Å²) in [5.41, 5.74) is 1.46. The second-order valence-corrected chi connectivity index (χ2v) is 8.01. The molecule has 0 saturated carbocycles. The van der Waals surface area contributed by atoms with Gasteiger partial charge in [-0.1, -0.05) is 6.92 Å². The molecule has 0 spiro atoms. The minimum absolute atomic E-state index is 0.112. The van der Waals surface area contributed by atoms with Gasteiger partial charge < -0.3 is 14.5 Å². The SMILES string of the molecule is CCc1c(C(=O)N2CCN(C(=O)OC(C)(C)C)CC2)cnn1-c1ccc(F)cc1. The highest BCUT2D eigenvalue weighted by Gasteiger charge is 2.29. The van der Waals surface area contributed by atoms with E-state index in [-0.39, 0.29) is 17.8 Å². The number of rotatable bonds is 3. The lowest BCUT2D eigenvalue weighted by Crippen LogP contribution is -2.51. The third-order valence-corrected chi connectivity index (χ3v) is 4.72. The molecule has 7 nitrogen and oxygen atoms in total. The molecule has 1 aromatic heterocycles. The topological polar surface area (TPSA) is 67.7 Å². The second kappa shape index (κ2) is 8.23. The summed E-state index contributed by atoms with van der Waals surface area (Å²) < 4.78 is 20.3. The average Bonchev–Trinajstić information content (AvgIpc) is 3.10. The molecule has 1 aliphatic heterocycles. The van der Waals surface area contributed by atoms with Crippen molar-refractivity contribution >= 4 is 12.0 Å². The van der Waals surface area contributed by atoms with E-state index >= 15 is 0 Å². The van der Waals surface area contributed by atoms with Gasteiger partial charge in [0.25, 0.3) is 5.91 Å². The number of ether oxygens (including phenoxy) is 1. The van der Waals surface area contributed by atoms with Crippen LogP contribution in [-0.2, 0) is 11.2 Å². The first kappa shape index (κ1) is 20.8. The van der Waals surface area contributed by atoms with E-state index in [0.717, 1.165) is 5.69 Å². The summed E-state index contributed by atoms with van der Waals surface area (Å²) in [6, 6.07) is 6.01. The van der Waals surface area contributed by atoms with Crippen LogP contribution >= 0.6 is 0 Å². The van der Waals surface area contributed by atoms with Crippen molar-refractivity contribution in [3.8, 4) is 5.69 Å². The van der Waals surface area contributed by atoms with Gasteiger partial charge in [-0.25, -0.2) is 13.9 Å². The maximum absolute atomic E-state index is 13.2. The number of carbonyl (C=O) groups excluding carboxylic acids is 2. The normalized spacial score (nSPS) is 14.8. The smallest absolute Gasteiger partial charge is 0.410 e. The van der Waals surface area contributed by atoms with Crippen LogP contribution in [0.2, 0.25) is 0 Å². The molecule has 3 rings (SSSR count). The molecular weight excluding hydrogens is 375 g/mol. The number of aromatic nitrogens is 2. The van der Waals surface area contributed by atoms with Crippen LogP contribution in [0.5, 0.6) is 0 Å². The van der Waals surface area contributed by atoms with Crippen LogP contribution in [0, 0.1) is 5.82 Å². The zero-order valence-electron chi connectivity index (χ0n) is 17.3. The number of halogens is 1. The van der Waals surface area contributed by atoms with Crippen molar-refractivity contribution < 1.29 is 18.7 Å². The molecule has 8 heteroatoms. The molecule has 2 heterocycles. The number of carbonyl (C=O) groups is 2. The van der Waals surface area contributed by atoms with E-state index in [1.54, 1.807) is 32.8 Å². The van der Waals surface area contributed by atoms with Gasteiger partial charge >= 0.3 is 6.09 Å². The molecule has 0 atom stereocenters. The van der Waals surface area contributed by atoms with Crippen LogP contribution in [-0.4, -0.2) is 63.4 Å². The van der Waals surface area contributed by atoms with Gasteiger partial charge in [0.1, 0.15) is 11.4 Å². The largest absolute Gasteiger partial charge is 0.444 e. The highest BCUT2D eigenvalue weighted by Crippen LogP contribution is 2.19. The first-order valence-corrected chi connectivity index (χ1v) is 9.79. The predicted molar refractivity (Wildman–Crippen MR) is 107 cm³/mol. The van der Waals surface area contributed by atoms with Gasteiger partial charge in [0.2, 0.25) is 0 Å². The van der Waals surface area contributed by atoms with Crippen LogP contribution in [0.4, 0.5) is 9.18 Å². The molecular formula is C21H27FN4O3. The first-order chi connectivity index (χ1) is 13.7. The Labute approximate surface area is 170 Å². The van der Waals surface area contributed by atoms with Crippen molar-refractivity contribution in [3.05, 3.63) is 47.5 Å². The van der Waals surface area contributed by atoms with E-state index in [4.69, 9.17) is 4.74 Å². The van der Waals surface area contributed by atoms with Gasteiger partial charge in [0.15, 0.2) is 0 Å².